The normalized spacial score (nSPS) is 11.6. The summed E-state index contributed by atoms with van der Waals surface area (Å²) >= 11 is 0. The molecule has 0 aliphatic carbocycles. The number of aryl methyl sites for hydroxylation is 1. The van der Waals surface area contributed by atoms with Crippen LogP contribution in [0.4, 0.5) is 0 Å². The van der Waals surface area contributed by atoms with Crippen LogP contribution in [0.2, 0.25) is 0 Å². The van der Waals surface area contributed by atoms with E-state index in [0.29, 0.717) is 17.9 Å². The average Bonchev–Trinajstić information content (AvgIpc) is 3.39. The molecule has 0 bridgehead atoms. The molecule has 3 aromatic heterocycles. The fraction of sp³-hybridized carbons (Fsp3) is 0.0769. The van der Waals surface area contributed by atoms with Crippen molar-refractivity contribution in [2.24, 2.45) is 7.05 Å². The van der Waals surface area contributed by atoms with Gasteiger partial charge in [0.25, 0.3) is 0 Å². The minimum Gasteiger partial charge on any atom is -0.327 e. The van der Waals surface area contributed by atoms with Gasteiger partial charge in [-0.05, 0) is 35.9 Å². The van der Waals surface area contributed by atoms with Crippen molar-refractivity contribution >= 4 is 22.7 Å². The second-order valence-corrected chi connectivity index (χ2v) is 7.51. The molecule has 5 aromatic rings. The van der Waals surface area contributed by atoms with Crippen molar-refractivity contribution in [2.75, 3.05) is 0 Å². The molecular weight excluding hydrogens is 396 g/mol. The molecule has 0 fully saturated rings. The van der Waals surface area contributed by atoms with E-state index in [9.17, 15) is 5.26 Å². The topological polar surface area (TPSA) is 72.3 Å². The fourth-order valence-corrected chi connectivity index (χ4v) is 3.81. The Labute approximate surface area is 185 Å². The quantitative estimate of drug-likeness (QED) is 0.380. The van der Waals surface area contributed by atoms with E-state index < -0.39 is 0 Å². The summed E-state index contributed by atoms with van der Waals surface area (Å²) in [5, 5.41) is 14.8. The maximum absolute atomic E-state index is 9.98. The Morgan fingerprint density at radius 2 is 1.84 bits per heavy atom. The van der Waals surface area contributed by atoms with E-state index in [4.69, 9.17) is 5.10 Å². The van der Waals surface area contributed by atoms with E-state index in [1.165, 1.54) is 0 Å². The van der Waals surface area contributed by atoms with Crippen LogP contribution in [0.15, 0.2) is 85.3 Å². The number of hydrogen-bond donors (Lipinski definition) is 0. The van der Waals surface area contributed by atoms with E-state index in [2.05, 4.69) is 28.2 Å². The summed E-state index contributed by atoms with van der Waals surface area (Å²) in [4.78, 5) is 8.93. The van der Waals surface area contributed by atoms with Crippen LogP contribution in [-0.4, -0.2) is 24.3 Å². The third-order valence-corrected chi connectivity index (χ3v) is 5.36. The zero-order valence-electron chi connectivity index (χ0n) is 17.6. The van der Waals surface area contributed by atoms with Crippen LogP contribution < -0.4 is 0 Å². The highest BCUT2D eigenvalue weighted by atomic mass is 15.3. The number of aromatic nitrogens is 5. The standard InChI is InChI=1S/C26H20N6/c1-31-24-12-6-5-11-23(24)29-26(31)21(15-27)14-22-18-32(17-19-8-3-2-4-9-19)30-25(22)20-10-7-13-28-16-20/h2-14,16,18H,17H2,1H3. The number of fused-ring (bicyclic) bond motifs is 1. The van der Waals surface area contributed by atoms with Gasteiger partial charge in [-0.1, -0.05) is 42.5 Å². The number of imidazole rings is 1. The number of para-hydroxylation sites is 2. The predicted octanol–water partition coefficient (Wildman–Crippen LogP) is 4.94. The summed E-state index contributed by atoms with van der Waals surface area (Å²) < 4.78 is 3.84. The predicted molar refractivity (Wildman–Crippen MR) is 125 cm³/mol. The minimum atomic E-state index is 0.480. The first-order chi connectivity index (χ1) is 15.7. The number of benzene rings is 2. The molecular formula is C26H20N6. The Bertz CT molecular complexity index is 1450. The van der Waals surface area contributed by atoms with E-state index in [1.807, 2.05) is 83.2 Å². The van der Waals surface area contributed by atoms with Crippen LogP contribution in [0.25, 0.3) is 33.9 Å². The van der Waals surface area contributed by atoms with Crippen molar-refractivity contribution in [1.29, 1.82) is 5.26 Å². The molecule has 0 aliphatic heterocycles. The van der Waals surface area contributed by atoms with Crippen molar-refractivity contribution in [1.82, 2.24) is 24.3 Å². The largest absolute Gasteiger partial charge is 0.327 e. The van der Waals surface area contributed by atoms with Gasteiger partial charge in [0.1, 0.15) is 11.8 Å². The van der Waals surface area contributed by atoms with Gasteiger partial charge in [-0.3, -0.25) is 9.67 Å². The highest BCUT2D eigenvalue weighted by Gasteiger charge is 2.15. The molecule has 0 atom stereocenters. The number of pyridine rings is 1. The number of nitriles is 1. The first kappa shape index (κ1) is 19.5. The molecule has 3 heterocycles. The highest BCUT2D eigenvalue weighted by molar-refractivity contribution is 5.93. The van der Waals surface area contributed by atoms with Gasteiger partial charge in [0.2, 0.25) is 0 Å². The first-order valence-corrected chi connectivity index (χ1v) is 10.3. The van der Waals surface area contributed by atoms with Crippen LogP contribution in [0.5, 0.6) is 0 Å². The van der Waals surface area contributed by atoms with Crippen molar-refractivity contribution in [3.8, 4) is 17.3 Å². The van der Waals surface area contributed by atoms with Crippen LogP contribution in [-0.2, 0) is 13.6 Å². The molecule has 2 aromatic carbocycles. The van der Waals surface area contributed by atoms with Crippen molar-refractivity contribution < 1.29 is 0 Å². The van der Waals surface area contributed by atoms with E-state index >= 15 is 0 Å². The van der Waals surface area contributed by atoms with Gasteiger partial charge >= 0.3 is 0 Å². The van der Waals surface area contributed by atoms with Crippen molar-refractivity contribution in [3.63, 3.8) is 0 Å². The lowest BCUT2D eigenvalue weighted by atomic mass is 10.1. The third kappa shape index (κ3) is 3.68. The molecule has 0 saturated carbocycles. The number of nitrogens with zero attached hydrogens (tertiary/aromatic N) is 6. The number of hydrogen-bond acceptors (Lipinski definition) is 4. The Kier molecular flexibility index (Phi) is 5.06. The van der Waals surface area contributed by atoms with Crippen LogP contribution in [0.3, 0.4) is 0 Å². The smallest absolute Gasteiger partial charge is 0.151 e. The lowest BCUT2D eigenvalue weighted by molar-refractivity contribution is 0.689. The average molecular weight is 416 g/mol. The summed E-state index contributed by atoms with van der Waals surface area (Å²) in [6.45, 7) is 0.635. The Morgan fingerprint density at radius 3 is 2.59 bits per heavy atom. The summed E-state index contributed by atoms with van der Waals surface area (Å²) in [5.74, 6) is 0.627. The third-order valence-electron chi connectivity index (χ3n) is 5.36. The molecule has 0 saturated heterocycles. The Balaban J connectivity index is 1.62. The minimum absolute atomic E-state index is 0.480. The van der Waals surface area contributed by atoms with Gasteiger partial charge in [-0.25, -0.2) is 4.98 Å². The molecule has 0 aliphatic rings. The maximum atomic E-state index is 9.98. The van der Waals surface area contributed by atoms with E-state index in [0.717, 1.165) is 33.4 Å². The second kappa shape index (κ2) is 8.32. The molecule has 32 heavy (non-hydrogen) atoms. The van der Waals surface area contributed by atoms with Crippen molar-refractivity contribution in [2.45, 2.75) is 6.54 Å². The van der Waals surface area contributed by atoms with Crippen LogP contribution >= 0.6 is 0 Å². The lowest BCUT2D eigenvalue weighted by Crippen LogP contribution is -2.00. The molecule has 6 heteroatoms. The lowest BCUT2D eigenvalue weighted by Gasteiger charge is -2.02. The van der Waals surface area contributed by atoms with Gasteiger partial charge < -0.3 is 4.57 Å². The molecule has 0 N–H and O–H groups in total. The van der Waals surface area contributed by atoms with Gasteiger partial charge in [0.05, 0.1) is 23.2 Å². The Hall–Kier alpha value is -4.50. The van der Waals surface area contributed by atoms with Gasteiger partial charge in [0.15, 0.2) is 5.82 Å². The van der Waals surface area contributed by atoms with E-state index in [-0.39, 0.29) is 0 Å². The molecule has 154 valence electrons. The van der Waals surface area contributed by atoms with Crippen molar-refractivity contribution in [3.05, 3.63) is 102 Å². The number of allylic oxidation sites excluding steroid dienone is 1. The molecule has 0 spiro atoms. The molecule has 0 radical (unpaired) electrons. The van der Waals surface area contributed by atoms with Gasteiger partial charge in [0, 0.05) is 36.8 Å². The molecule has 5 rings (SSSR count). The van der Waals surface area contributed by atoms with E-state index in [1.54, 1.807) is 12.4 Å². The SMILES string of the molecule is Cn1c(C(C#N)=Cc2cn(Cc3ccccc3)nc2-c2cccnc2)nc2ccccc21. The first-order valence-electron chi connectivity index (χ1n) is 10.3. The highest BCUT2D eigenvalue weighted by Crippen LogP contribution is 2.27. The maximum Gasteiger partial charge on any atom is 0.151 e. The van der Waals surface area contributed by atoms with Crippen LogP contribution in [0, 0.1) is 11.3 Å². The molecule has 6 nitrogen and oxygen atoms in total. The van der Waals surface area contributed by atoms with Gasteiger partial charge in [-0.15, -0.1) is 0 Å². The monoisotopic (exact) mass is 416 g/mol. The van der Waals surface area contributed by atoms with Crippen LogP contribution in [0.1, 0.15) is 17.0 Å². The second-order valence-electron chi connectivity index (χ2n) is 7.51. The number of rotatable bonds is 5. The summed E-state index contributed by atoms with van der Waals surface area (Å²) in [6.07, 6.45) is 7.35. The molecule has 0 unspecified atom stereocenters. The van der Waals surface area contributed by atoms with Gasteiger partial charge in [-0.2, -0.15) is 10.4 Å². The summed E-state index contributed by atoms with van der Waals surface area (Å²) in [6, 6.07) is 24.2. The Morgan fingerprint density at radius 1 is 1.03 bits per heavy atom. The fourth-order valence-electron chi connectivity index (χ4n) is 3.81. The zero-order valence-corrected chi connectivity index (χ0v) is 17.6. The zero-order chi connectivity index (χ0) is 21.9. The summed E-state index contributed by atoms with van der Waals surface area (Å²) in [7, 11) is 1.93. The molecule has 0 amide bonds. The summed E-state index contributed by atoms with van der Waals surface area (Å²) in [5.41, 5.74) is 5.99.